The van der Waals surface area contributed by atoms with Gasteiger partial charge in [-0.25, -0.2) is 17.2 Å². The summed E-state index contributed by atoms with van der Waals surface area (Å²) < 4.78 is 57.0. The van der Waals surface area contributed by atoms with Gasteiger partial charge in [0.15, 0.2) is 0 Å². The molecule has 0 spiro atoms. The molecule has 1 aliphatic rings. The third-order valence-corrected chi connectivity index (χ3v) is 7.74. The summed E-state index contributed by atoms with van der Waals surface area (Å²) >= 11 is 23.9. The fraction of sp³-hybridized carbons (Fsp3) is 0.136. The zero-order valence-electron chi connectivity index (χ0n) is 17.0. The van der Waals surface area contributed by atoms with Gasteiger partial charge in [-0.2, -0.15) is 9.82 Å². The molecule has 178 valence electrons. The second-order valence-corrected chi connectivity index (χ2v) is 10.8. The van der Waals surface area contributed by atoms with E-state index < -0.39 is 37.6 Å². The predicted octanol–water partition coefficient (Wildman–Crippen LogP) is 6.69. The first-order valence-corrected chi connectivity index (χ1v) is 12.7. The summed E-state index contributed by atoms with van der Waals surface area (Å²) in [5.41, 5.74) is 4.55. The monoisotopic (exact) mass is 563 g/mol. The maximum absolute atomic E-state index is 14.4. The molecule has 0 aliphatic carbocycles. The van der Waals surface area contributed by atoms with E-state index in [0.29, 0.717) is 39.9 Å². The van der Waals surface area contributed by atoms with E-state index in [2.05, 4.69) is 15.2 Å². The number of hydrogen-bond acceptors (Lipinski definition) is 4. The van der Waals surface area contributed by atoms with Crippen LogP contribution in [0.1, 0.15) is 29.6 Å². The molecule has 1 heterocycles. The molecule has 3 aromatic carbocycles. The van der Waals surface area contributed by atoms with Crippen LogP contribution in [0, 0.1) is 11.6 Å². The highest BCUT2D eigenvalue weighted by Crippen LogP contribution is 2.34. The molecule has 0 saturated carbocycles. The van der Waals surface area contributed by atoms with Gasteiger partial charge in [0.1, 0.15) is 16.5 Å². The van der Waals surface area contributed by atoms with Crippen molar-refractivity contribution in [3.63, 3.8) is 0 Å². The lowest BCUT2D eigenvalue weighted by Crippen LogP contribution is -2.34. The van der Waals surface area contributed by atoms with E-state index in [1.165, 1.54) is 18.2 Å². The number of halogens is 6. The summed E-state index contributed by atoms with van der Waals surface area (Å²) in [6.07, 6.45) is 0.297. The van der Waals surface area contributed by atoms with Crippen molar-refractivity contribution in [1.82, 2.24) is 10.1 Å². The first-order valence-electron chi connectivity index (χ1n) is 9.74. The molecule has 2 unspecified atom stereocenters. The van der Waals surface area contributed by atoms with Gasteiger partial charge in [-0.3, -0.25) is 0 Å². The Morgan fingerprint density at radius 1 is 0.912 bits per heavy atom. The molecular formula is C22H15Cl4F2N3O2S. The molecule has 0 radical (unpaired) electrons. The smallest absolute Gasteiger partial charge is 0.244 e. The van der Waals surface area contributed by atoms with Crippen molar-refractivity contribution in [2.75, 3.05) is 0 Å². The van der Waals surface area contributed by atoms with Crippen LogP contribution in [0.15, 0.2) is 64.6 Å². The number of sulfonamides is 1. The second-order valence-electron chi connectivity index (χ2n) is 7.46. The molecule has 0 bridgehead atoms. The summed E-state index contributed by atoms with van der Waals surface area (Å²) in [6, 6.07) is 11.4. The van der Waals surface area contributed by atoms with Crippen molar-refractivity contribution >= 4 is 62.1 Å². The van der Waals surface area contributed by atoms with Crippen LogP contribution < -0.4 is 10.1 Å². The van der Waals surface area contributed by atoms with Crippen LogP contribution in [-0.4, -0.2) is 14.1 Å². The van der Waals surface area contributed by atoms with Crippen LogP contribution in [0.25, 0.3) is 0 Å². The van der Waals surface area contributed by atoms with Gasteiger partial charge in [-0.1, -0.05) is 64.6 Å². The van der Waals surface area contributed by atoms with Gasteiger partial charge in [0.25, 0.3) is 0 Å². The zero-order valence-corrected chi connectivity index (χ0v) is 20.8. The van der Waals surface area contributed by atoms with Crippen LogP contribution in [0.5, 0.6) is 0 Å². The average Bonchev–Trinajstić information content (AvgIpc) is 3.25. The van der Waals surface area contributed by atoms with Gasteiger partial charge in [0.2, 0.25) is 10.0 Å². The fourth-order valence-electron chi connectivity index (χ4n) is 3.51. The average molecular weight is 565 g/mol. The van der Waals surface area contributed by atoms with Crippen molar-refractivity contribution in [2.24, 2.45) is 5.10 Å². The highest BCUT2D eigenvalue weighted by Gasteiger charge is 2.33. The molecule has 34 heavy (non-hydrogen) atoms. The van der Waals surface area contributed by atoms with Crippen molar-refractivity contribution in [2.45, 2.75) is 23.4 Å². The molecule has 0 amide bonds. The van der Waals surface area contributed by atoms with E-state index in [0.717, 1.165) is 5.56 Å². The number of rotatable bonds is 6. The molecule has 1 aliphatic heterocycles. The molecule has 2 atom stereocenters. The summed E-state index contributed by atoms with van der Waals surface area (Å²) in [6.45, 7) is 0. The van der Waals surface area contributed by atoms with Gasteiger partial charge in [0.05, 0.1) is 22.8 Å². The van der Waals surface area contributed by atoms with Crippen molar-refractivity contribution in [3.8, 4) is 0 Å². The quantitative estimate of drug-likeness (QED) is 0.328. The molecule has 4 rings (SSSR count). The van der Waals surface area contributed by atoms with Crippen LogP contribution in [0.4, 0.5) is 8.78 Å². The molecule has 2 N–H and O–H groups in total. The molecule has 0 aromatic heterocycles. The van der Waals surface area contributed by atoms with E-state index in [9.17, 15) is 17.2 Å². The maximum Gasteiger partial charge on any atom is 0.244 e. The fourth-order valence-corrected chi connectivity index (χ4v) is 5.58. The first-order chi connectivity index (χ1) is 16.0. The van der Waals surface area contributed by atoms with E-state index in [-0.39, 0.29) is 11.1 Å². The SMILES string of the molecule is O=S(=O)(NC(C1=NNC(c2ccc(Cl)cc2)C1)c1ccc(Cl)cc1Cl)c1cc(F)c(Cl)cc1F. The minimum Gasteiger partial charge on any atom is -0.302 e. The van der Waals surface area contributed by atoms with Crippen LogP contribution >= 0.6 is 46.4 Å². The van der Waals surface area contributed by atoms with Gasteiger partial charge in [-0.05, 0) is 47.5 Å². The standard InChI is InChI=1S/C22H15Cl4F2N3O2S/c23-12-3-1-11(2-4-12)19-10-20(30-29-19)22(14-6-5-13(24)7-15(14)25)31-34(32,33)21-9-17(27)16(26)8-18(21)28/h1-9,19,22,29,31H,10H2. The van der Waals surface area contributed by atoms with Crippen molar-refractivity contribution < 1.29 is 17.2 Å². The van der Waals surface area contributed by atoms with Gasteiger partial charge in [0, 0.05) is 21.5 Å². The summed E-state index contributed by atoms with van der Waals surface area (Å²) in [4.78, 5) is -0.898. The topological polar surface area (TPSA) is 70.6 Å². The Balaban J connectivity index is 1.71. The molecule has 12 heteroatoms. The lowest BCUT2D eigenvalue weighted by molar-refractivity contribution is 0.543. The Morgan fingerprint density at radius 3 is 2.26 bits per heavy atom. The van der Waals surface area contributed by atoms with Gasteiger partial charge < -0.3 is 5.43 Å². The van der Waals surface area contributed by atoms with Crippen molar-refractivity contribution in [3.05, 3.63) is 97.4 Å². The Kier molecular flexibility index (Phi) is 7.38. The summed E-state index contributed by atoms with van der Waals surface area (Å²) in [5, 5.41) is 4.85. The summed E-state index contributed by atoms with van der Waals surface area (Å²) in [5.74, 6) is -2.28. The predicted molar refractivity (Wildman–Crippen MR) is 130 cm³/mol. The summed E-state index contributed by atoms with van der Waals surface area (Å²) in [7, 11) is -4.57. The highest BCUT2D eigenvalue weighted by molar-refractivity contribution is 7.89. The lowest BCUT2D eigenvalue weighted by atomic mass is 9.96. The molecule has 0 saturated heterocycles. The first kappa shape index (κ1) is 25.2. The Morgan fingerprint density at radius 2 is 1.59 bits per heavy atom. The minimum absolute atomic E-state index is 0.167. The maximum atomic E-state index is 14.4. The second kappa shape index (κ2) is 9.97. The number of benzene rings is 3. The third kappa shape index (κ3) is 5.32. The Hall–Kier alpha value is -1.94. The van der Waals surface area contributed by atoms with Crippen LogP contribution in [0.2, 0.25) is 20.1 Å². The number of hydrazone groups is 1. The third-order valence-electron chi connectivity index (χ3n) is 5.19. The normalized spacial score (nSPS) is 16.8. The van der Waals surface area contributed by atoms with Gasteiger partial charge in [-0.15, -0.1) is 0 Å². The number of nitrogens with one attached hydrogen (secondary N) is 2. The largest absolute Gasteiger partial charge is 0.302 e. The Bertz CT molecular complexity index is 1390. The Labute approximate surface area is 214 Å². The van der Waals surface area contributed by atoms with Crippen molar-refractivity contribution in [1.29, 1.82) is 0 Å². The van der Waals surface area contributed by atoms with Gasteiger partial charge >= 0.3 is 0 Å². The van der Waals surface area contributed by atoms with E-state index in [1.807, 2.05) is 12.1 Å². The highest BCUT2D eigenvalue weighted by atomic mass is 35.5. The number of hydrogen-bond donors (Lipinski definition) is 2. The lowest BCUT2D eigenvalue weighted by Gasteiger charge is -2.21. The number of nitrogens with zero attached hydrogens (tertiary/aromatic N) is 1. The van der Waals surface area contributed by atoms with E-state index in [4.69, 9.17) is 46.4 Å². The molecule has 0 fully saturated rings. The molecule has 5 nitrogen and oxygen atoms in total. The zero-order chi connectivity index (χ0) is 24.6. The van der Waals surface area contributed by atoms with E-state index in [1.54, 1.807) is 12.1 Å². The molecule has 3 aromatic rings. The molecular weight excluding hydrogens is 550 g/mol. The van der Waals surface area contributed by atoms with Crippen LogP contribution in [0.3, 0.4) is 0 Å². The van der Waals surface area contributed by atoms with E-state index >= 15 is 0 Å². The van der Waals surface area contributed by atoms with Crippen LogP contribution in [-0.2, 0) is 10.0 Å². The minimum atomic E-state index is -4.57.